The number of hydrogen-bond acceptors (Lipinski definition) is 3. The maximum Gasteiger partial charge on any atom is 0.275 e. The highest BCUT2D eigenvalue weighted by Gasteiger charge is 2.19. The molecule has 1 aliphatic rings. The standard InChI is InChI=1S/C21H21ClN2O2/c1-3-16-12-15(6-10-19(16)26-2)13-18-21(25)24-20(23-18)11-7-14-4-8-17(22)9-5-14/h4-6,8-10,12-13H,3,7,11H2,1-2H3,(H,23,24,25)/b18-13+. The van der Waals surface area contributed by atoms with Gasteiger partial charge < -0.3 is 10.1 Å². The molecule has 2 aromatic rings. The van der Waals surface area contributed by atoms with Gasteiger partial charge in [0.25, 0.3) is 5.91 Å². The SMILES string of the molecule is CCc1cc(/C=C2/N=C(CCc3ccc(Cl)cc3)NC2=O)ccc1OC. The molecule has 2 aromatic carbocycles. The largest absolute Gasteiger partial charge is 0.496 e. The number of ether oxygens (including phenoxy) is 1. The van der Waals surface area contributed by atoms with Crippen LogP contribution in [0.3, 0.4) is 0 Å². The number of amidine groups is 1. The Kier molecular flexibility index (Phi) is 5.74. The van der Waals surface area contributed by atoms with E-state index < -0.39 is 0 Å². The second kappa shape index (κ2) is 8.19. The van der Waals surface area contributed by atoms with Crippen molar-refractivity contribution in [1.29, 1.82) is 0 Å². The van der Waals surface area contributed by atoms with Crippen LogP contribution in [-0.4, -0.2) is 18.9 Å². The number of nitrogens with zero attached hydrogens (tertiary/aromatic N) is 1. The summed E-state index contributed by atoms with van der Waals surface area (Å²) in [5.41, 5.74) is 3.64. The fraction of sp³-hybridized carbons (Fsp3) is 0.238. The maximum absolute atomic E-state index is 12.2. The molecule has 1 heterocycles. The van der Waals surface area contributed by atoms with Crippen LogP contribution in [0.5, 0.6) is 5.75 Å². The highest BCUT2D eigenvalue weighted by molar-refractivity contribution is 6.30. The lowest BCUT2D eigenvalue weighted by atomic mass is 10.1. The number of methoxy groups -OCH3 is 1. The van der Waals surface area contributed by atoms with Gasteiger partial charge >= 0.3 is 0 Å². The van der Waals surface area contributed by atoms with E-state index in [-0.39, 0.29) is 5.91 Å². The van der Waals surface area contributed by atoms with E-state index in [1.807, 2.05) is 48.5 Å². The van der Waals surface area contributed by atoms with Crippen molar-refractivity contribution >= 4 is 29.4 Å². The number of carbonyl (C=O) groups excluding carboxylic acids is 1. The molecular formula is C21H21ClN2O2. The third-order valence-corrected chi connectivity index (χ3v) is 4.55. The Balaban J connectivity index is 1.72. The van der Waals surface area contributed by atoms with E-state index in [1.54, 1.807) is 7.11 Å². The highest BCUT2D eigenvalue weighted by atomic mass is 35.5. The number of carbonyl (C=O) groups is 1. The molecule has 0 unspecified atom stereocenters. The summed E-state index contributed by atoms with van der Waals surface area (Å²) in [7, 11) is 1.66. The molecular weight excluding hydrogens is 348 g/mol. The predicted octanol–water partition coefficient (Wildman–Crippen LogP) is 4.41. The average molecular weight is 369 g/mol. The zero-order valence-corrected chi connectivity index (χ0v) is 15.6. The van der Waals surface area contributed by atoms with Gasteiger partial charge in [-0.3, -0.25) is 4.79 Å². The smallest absolute Gasteiger partial charge is 0.275 e. The van der Waals surface area contributed by atoms with Crippen LogP contribution in [0.15, 0.2) is 53.2 Å². The van der Waals surface area contributed by atoms with E-state index in [2.05, 4.69) is 17.2 Å². The summed E-state index contributed by atoms with van der Waals surface area (Å²) in [6, 6.07) is 13.6. The normalized spacial score (nSPS) is 15.1. The van der Waals surface area contributed by atoms with Gasteiger partial charge in [-0.05, 0) is 59.9 Å². The molecule has 0 spiro atoms. The topological polar surface area (TPSA) is 50.7 Å². The summed E-state index contributed by atoms with van der Waals surface area (Å²) in [6.07, 6.45) is 4.14. The number of amides is 1. The second-order valence-electron chi connectivity index (χ2n) is 6.09. The quantitative estimate of drug-likeness (QED) is 0.767. The van der Waals surface area contributed by atoms with Gasteiger partial charge in [0.2, 0.25) is 0 Å². The van der Waals surface area contributed by atoms with Gasteiger partial charge in [0.15, 0.2) is 0 Å². The molecule has 1 amide bonds. The average Bonchev–Trinajstić information content (AvgIpc) is 3.00. The van der Waals surface area contributed by atoms with Crippen molar-refractivity contribution in [2.24, 2.45) is 4.99 Å². The molecule has 4 nitrogen and oxygen atoms in total. The molecule has 0 aliphatic carbocycles. The molecule has 3 rings (SSSR count). The lowest BCUT2D eigenvalue weighted by molar-refractivity contribution is -0.115. The summed E-state index contributed by atoms with van der Waals surface area (Å²) < 4.78 is 5.34. The van der Waals surface area contributed by atoms with Crippen molar-refractivity contribution in [3.05, 3.63) is 69.9 Å². The lowest BCUT2D eigenvalue weighted by Gasteiger charge is -2.07. The minimum atomic E-state index is -0.162. The molecule has 1 N–H and O–H groups in total. The first-order valence-electron chi connectivity index (χ1n) is 8.61. The van der Waals surface area contributed by atoms with E-state index >= 15 is 0 Å². The number of aliphatic imine (C=N–C) groups is 1. The molecule has 26 heavy (non-hydrogen) atoms. The fourth-order valence-electron chi connectivity index (χ4n) is 2.87. The van der Waals surface area contributed by atoms with Gasteiger partial charge in [-0.15, -0.1) is 0 Å². The third kappa shape index (κ3) is 4.33. The van der Waals surface area contributed by atoms with Gasteiger partial charge in [0.1, 0.15) is 17.3 Å². The van der Waals surface area contributed by atoms with Crippen molar-refractivity contribution in [2.45, 2.75) is 26.2 Å². The predicted molar refractivity (Wildman–Crippen MR) is 106 cm³/mol. The molecule has 134 valence electrons. The monoisotopic (exact) mass is 368 g/mol. The van der Waals surface area contributed by atoms with Gasteiger partial charge in [0.05, 0.1) is 7.11 Å². The summed E-state index contributed by atoms with van der Waals surface area (Å²) in [5, 5.41) is 3.57. The Morgan fingerprint density at radius 2 is 1.92 bits per heavy atom. The number of aryl methyl sites for hydroxylation is 2. The maximum atomic E-state index is 12.2. The zero-order chi connectivity index (χ0) is 18.5. The first-order valence-corrected chi connectivity index (χ1v) is 8.99. The van der Waals surface area contributed by atoms with Crippen LogP contribution < -0.4 is 10.1 Å². The molecule has 0 bridgehead atoms. The Morgan fingerprint density at radius 3 is 2.62 bits per heavy atom. The minimum Gasteiger partial charge on any atom is -0.496 e. The Hall–Kier alpha value is -2.59. The molecule has 5 heteroatoms. The molecule has 0 saturated heterocycles. The van der Waals surface area contributed by atoms with Gasteiger partial charge in [-0.25, -0.2) is 4.99 Å². The number of halogens is 1. The van der Waals surface area contributed by atoms with Crippen molar-refractivity contribution in [2.75, 3.05) is 7.11 Å². The number of rotatable bonds is 6. The lowest BCUT2D eigenvalue weighted by Crippen LogP contribution is -2.24. The number of hydrogen-bond donors (Lipinski definition) is 1. The van der Waals surface area contributed by atoms with Crippen LogP contribution >= 0.6 is 11.6 Å². The minimum absolute atomic E-state index is 0.162. The van der Waals surface area contributed by atoms with Gasteiger partial charge in [0, 0.05) is 11.4 Å². The summed E-state index contributed by atoms with van der Waals surface area (Å²) in [6.45, 7) is 2.07. The van der Waals surface area contributed by atoms with Gasteiger partial charge in [-0.1, -0.05) is 36.7 Å². The Labute approximate surface area is 158 Å². The van der Waals surface area contributed by atoms with Crippen molar-refractivity contribution in [3.63, 3.8) is 0 Å². The fourth-order valence-corrected chi connectivity index (χ4v) is 3.00. The Morgan fingerprint density at radius 1 is 1.15 bits per heavy atom. The van der Waals surface area contributed by atoms with Crippen LogP contribution in [0.25, 0.3) is 6.08 Å². The van der Waals surface area contributed by atoms with Crippen molar-refractivity contribution in [1.82, 2.24) is 5.32 Å². The van der Waals surface area contributed by atoms with Crippen LogP contribution in [0.1, 0.15) is 30.0 Å². The number of nitrogens with one attached hydrogen (secondary N) is 1. The first-order chi connectivity index (χ1) is 12.6. The first kappa shape index (κ1) is 18.2. The molecule has 0 aromatic heterocycles. The molecule has 0 saturated carbocycles. The van der Waals surface area contributed by atoms with E-state index in [0.717, 1.165) is 40.3 Å². The number of benzene rings is 2. The Bertz CT molecular complexity index is 870. The highest BCUT2D eigenvalue weighted by Crippen LogP contribution is 2.23. The van der Waals surface area contributed by atoms with Crippen LogP contribution in [-0.2, 0) is 17.6 Å². The molecule has 0 atom stereocenters. The van der Waals surface area contributed by atoms with Crippen LogP contribution in [0, 0.1) is 0 Å². The summed E-state index contributed by atoms with van der Waals surface area (Å²) in [5.74, 6) is 1.39. The third-order valence-electron chi connectivity index (χ3n) is 4.30. The van der Waals surface area contributed by atoms with Gasteiger partial charge in [-0.2, -0.15) is 0 Å². The molecule has 0 radical (unpaired) electrons. The van der Waals surface area contributed by atoms with Crippen LogP contribution in [0.2, 0.25) is 5.02 Å². The van der Waals surface area contributed by atoms with Crippen molar-refractivity contribution < 1.29 is 9.53 Å². The van der Waals surface area contributed by atoms with Crippen molar-refractivity contribution in [3.8, 4) is 5.75 Å². The van der Waals surface area contributed by atoms with E-state index in [0.29, 0.717) is 18.0 Å². The van der Waals surface area contributed by atoms with E-state index in [1.165, 1.54) is 0 Å². The molecule has 1 aliphatic heterocycles. The zero-order valence-electron chi connectivity index (χ0n) is 14.9. The van der Waals surface area contributed by atoms with E-state index in [4.69, 9.17) is 16.3 Å². The van der Waals surface area contributed by atoms with E-state index in [9.17, 15) is 4.79 Å². The summed E-state index contributed by atoms with van der Waals surface area (Å²) >= 11 is 5.90. The summed E-state index contributed by atoms with van der Waals surface area (Å²) in [4.78, 5) is 16.6. The second-order valence-corrected chi connectivity index (χ2v) is 6.53. The molecule has 0 fully saturated rings. The van der Waals surface area contributed by atoms with Crippen LogP contribution in [0.4, 0.5) is 0 Å².